The lowest BCUT2D eigenvalue weighted by Crippen LogP contribution is -1.81. The Morgan fingerprint density at radius 3 is 3.00 bits per heavy atom. The first-order valence-electron chi connectivity index (χ1n) is 2.75. The lowest BCUT2D eigenvalue weighted by Gasteiger charge is -1.90. The van der Waals surface area contributed by atoms with Crippen molar-refractivity contribution in [1.29, 1.82) is 0 Å². The lowest BCUT2D eigenvalue weighted by molar-refractivity contribution is 1.54. The molecule has 0 aliphatic rings. The molecule has 0 aliphatic heterocycles. The molecule has 0 radical (unpaired) electrons. The summed E-state index contributed by atoms with van der Waals surface area (Å²) in [6, 6.07) is 2.06. The van der Waals surface area contributed by atoms with Crippen molar-refractivity contribution >= 4 is 16.9 Å². The zero-order valence-electron chi connectivity index (χ0n) is 5.29. The van der Waals surface area contributed by atoms with Crippen molar-refractivity contribution in [2.24, 2.45) is 5.73 Å². The Balaban J connectivity index is 2.90. The molecule has 0 unspecified atom stereocenters. The second-order valence-corrected chi connectivity index (χ2v) is 2.64. The summed E-state index contributed by atoms with van der Waals surface area (Å²) in [4.78, 5) is 0. The average molecular weight is 139 g/mol. The molecule has 0 saturated heterocycles. The molecule has 2 heteroatoms. The average Bonchev–Trinajstić information content (AvgIpc) is 2.37. The molecule has 0 amide bonds. The summed E-state index contributed by atoms with van der Waals surface area (Å²) in [7, 11) is 0. The van der Waals surface area contributed by atoms with Crippen LogP contribution in [0.15, 0.2) is 23.0 Å². The van der Waals surface area contributed by atoms with Crippen LogP contribution >= 0.6 is 11.3 Å². The maximum absolute atomic E-state index is 5.31. The summed E-state index contributed by atoms with van der Waals surface area (Å²) >= 11 is 1.69. The molecule has 1 aromatic rings. The van der Waals surface area contributed by atoms with Gasteiger partial charge in [-0.15, -0.1) is 0 Å². The fourth-order valence-corrected chi connectivity index (χ4v) is 1.30. The fraction of sp³-hybridized carbons (Fsp3) is 0.143. The van der Waals surface area contributed by atoms with E-state index in [-0.39, 0.29) is 0 Å². The van der Waals surface area contributed by atoms with Crippen LogP contribution in [0.4, 0.5) is 0 Å². The smallest absolute Gasteiger partial charge is 0.00176 e. The number of thiophene rings is 1. The molecule has 9 heavy (non-hydrogen) atoms. The van der Waals surface area contributed by atoms with Gasteiger partial charge in [-0.05, 0) is 41.1 Å². The largest absolute Gasteiger partial charge is 0.404 e. The molecular formula is C7H9NS. The molecular weight excluding hydrogens is 130 g/mol. The van der Waals surface area contributed by atoms with E-state index in [9.17, 15) is 0 Å². The van der Waals surface area contributed by atoms with Crippen molar-refractivity contribution in [2.45, 2.75) is 6.92 Å². The summed E-state index contributed by atoms with van der Waals surface area (Å²) in [5.41, 5.74) is 7.67. The zero-order valence-corrected chi connectivity index (χ0v) is 6.11. The van der Waals surface area contributed by atoms with E-state index < -0.39 is 0 Å². The Labute approximate surface area is 58.8 Å². The first-order valence-corrected chi connectivity index (χ1v) is 3.70. The van der Waals surface area contributed by atoms with E-state index in [1.807, 2.05) is 12.3 Å². The predicted octanol–water partition coefficient (Wildman–Crippen LogP) is 2.07. The van der Waals surface area contributed by atoms with Crippen LogP contribution in [0.5, 0.6) is 0 Å². The number of hydrogen-bond acceptors (Lipinski definition) is 2. The summed E-state index contributed by atoms with van der Waals surface area (Å²) in [6.45, 7) is 2.00. The van der Waals surface area contributed by atoms with Crippen LogP contribution < -0.4 is 5.73 Å². The van der Waals surface area contributed by atoms with Crippen molar-refractivity contribution in [3.63, 3.8) is 0 Å². The first-order chi connectivity index (χ1) is 4.34. The van der Waals surface area contributed by atoms with Gasteiger partial charge in [0.25, 0.3) is 0 Å². The lowest BCUT2D eigenvalue weighted by atomic mass is 10.2. The van der Waals surface area contributed by atoms with E-state index in [0.717, 1.165) is 5.57 Å². The van der Waals surface area contributed by atoms with Gasteiger partial charge in [0.15, 0.2) is 0 Å². The van der Waals surface area contributed by atoms with Crippen LogP contribution in [0.1, 0.15) is 12.5 Å². The Morgan fingerprint density at radius 1 is 1.78 bits per heavy atom. The van der Waals surface area contributed by atoms with Gasteiger partial charge in [-0.2, -0.15) is 11.3 Å². The normalized spacial score (nSPS) is 11.9. The standard InChI is InChI=1S/C7H9NS/c1-6(4-8)7-2-3-9-5-7/h2-5H,8H2,1H3/b6-4-. The number of allylic oxidation sites excluding steroid dienone is 1. The van der Waals surface area contributed by atoms with Crippen molar-refractivity contribution in [3.8, 4) is 0 Å². The van der Waals surface area contributed by atoms with Crippen LogP contribution in [0.2, 0.25) is 0 Å². The minimum absolute atomic E-state index is 1.14. The Bertz CT molecular complexity index is 199. The second kappa shape index (κ2) is 2.69. The minimum atomic E-state index is 1.14. The van der Waals surface area contributed by atoms with E-state index in [1.54, 1.807) is 17.5 Å². The van der Waals surface area contributed by atoms with Gasteiger partial charge in [0, 0.05) is 0 Å². The Morgan fingerprint density at radius 2 is 2.56 bits per heavy atom. The Hall–Kier alpha value is -0.760. The highest BCUT2D eigenvalue weighted by molar-refractivity contribution is 7.08. The third-order valence-electron chi connectivity index (χ3n) is 1.23. The molecule has 48 valence electrons. The van der Waals surface area contributed by atoms with Crippen molar-refractivity contribution < 1.29 is 0 Å². The van der Waals surface area contributed by atoms with Crippen molar-refractivity contribution in [1.82, 2.24) is 0 Å². The zero-order chi connectivity index (χ0) is 6.69. The van der Waals surface area contributed by atoms with Gasteiger partial charge in [-0.25, -0.2) is 0 Å². The molecule has 0 bridgehead atoms. The molecule has 1 rings (SSSR count). The first kappa shape index (κ1) is 6.36. The van der Waals surface area contributed by atoms with Crippen LogP contribution in [0.25, 0.3) is 5.57 Å². The number of hydrogen-bond donors (Lipinski definition) is 1. The van der Waals surface area contributed by atoms with E-state index in [2.05, 4.69) is 11.4 Å². The molecule has 0 atom stereocenters. The van der Waals surface area contributed by atoms with Crippen LogP contribution in [0.3, 0.4) is 0 Å². The SMILES string of the molecule is C/C(=C/N)c1ccsc1. The fourth-order valence-electron chi connectivity index (χ4n) is 0.585. The monoisotopic (exact) mass is 139 g/mol. The molecule has 1 aromatic heterocycles. The molecule has 1 nitrogen and oxygen atoms in total. The molecule has 0 aromatic carbocycles. The van der Waals surface area contributed by atoms with Gasteiger partial charge in [-0.1, -0.05) is 0 Å². The van der Waals surface area contributed by atoms with Gasteiger partial charge in [0.05, 0.1) is 0 Å². The van der Waals surface area contributed by atoms with Crippen molar-refractivity contribution in [2.75, 3.05) is 0 Å². The number of nitrogens with two attached hydrogens (primary N) is 1. The molecule has 0 aliphatic carbocycles. The molecule has 0 fully saturated rings. The van der Waals surface area contributed by atoms with Gasteiger partial charge in [0.1, 0.15) is 0 Å². The van der Waals surface area contributed by atoms with E-state index in [4.69, 9.17) is 5.73 Å². The maximum atomic E-state index is 5.31. The Kier molecular flexibility index (Phi) is 1.90. The molecule has 0 spiro atoms. The van der Waals surface area contributed by atoms with Crippen molar-refractivity contribution in [3.05, 3.63) is 28.6 Å². The highest BCUT2D eigenvalue weighted by atomic mass is 32.1. The topological polar surface area (TPSA) is 26.0 Å². The maximum Gasteiger partial charge on any atom is -0.00176 e. The van der Waals surface area contributed by atoms with Crippen LogP contribution in [-0.2, 0) is 0 Å². The minimum Gasteiger partial charge on any atom is -0.404 e. The van der Waals surface area contributed by atoms with E-state index in [0.29, 0.717) is 0 Å². The third kappa shape index (κ3) is 1.33. The molecule has 1 heterocycles. The predicted molar refractivity (Wildman–Crippen MR) is 42.2 cm³/mol. The van der Waals surface area contributed by atoms with E-state index >= 15 is 0 Å². The third-order valence-corrected chi connectivity index (χ3v) is 1.91. The van der Waals surface area contributed by atoms with Gasteiger partial charge >= 0.3 is 0 Å². The molecule has 0 saturated carbocycles. The molecule has 2 N–H and O–H groups in total. The van der Waals surface area contributed by atoms with Gasteiger partial charge < -0.3 is 5.73 Å². The summed E-state index contributed by atoms with van der Waals surface area (Å²) in [5.74, 6) is 0. The summed E-state index contributed by atoms with van der Waals surface area (Å²) in [5, 5.41) is 4.13. The van der Waals surface area contributed by atoms with Crippen LogP contribution in [0, 0.1) is 0 Å². The summed E-state index contributed by atoms with van der Waals surface area (Å²) < 4.78 is 0. The van der Waals surface area contributed by atoms with E-state index in [1.165, 1.54) is 5.56 Å². The highest BCUT2D eigenvalue weighted by Crippen LogP contribution is 2.14. The van der Waals surface area contributed by atoms with Gasteiger partial charge in [-0.3, -0.25) is 0 Å². The van der Waals surface area contributed by atoms with Gasteiger partial charge in [0.2, 0.25) is 0 Å². The highest BCUT2D eigenvalue weighted by Gasteiger charge is 1.91. The quantitative estimate of drug-likeness (QED) is 0.633. The summed E-state index contributed by atoms with van der Waals surface area (Å²) in [6.07, 6.45) is 1.63. The second-order valence-electron chi connectivity index (χ2n) is 1.86. The van der Waals surface area contributed by atoms with Crippen LogP contribution in [-0.4, -0.2) is 0 Å². The number of rotatable bonds is 1.